The van der Waals surface area contributed by atoms with Gasteiger partial charge in [-0.15, -0.1) is 0 Å². The normalized spacial score (nSPS) is 17.5. The number of hydrogen-bond donors (Lipinski definition) is 1. The van der Waals surface area contributed by atoms with Crippen LogP contribution < -0.4 is 0 Å². The molecule has 3 nitrogen and oxygen atoms in total. The van der Waals surface area contributed by atoms with Crippen LogP contribution in [0.3, 0.4) is 0 Å². The van der Waals surface area contributed by atoms with Crippen LogP contribution in [0.5, 0.6) is 0 Å². The van der Waals surface area contributed by atoms with Crippen molar-refractivity contribution in [3.05, 3.63) is 60.2 Å². The molecule has 0 aliphatic rings. The average molecular weight is 256 g/mol. The van der Waals surface area contributed by atoms with Crippen LogP contribution in [0.15, 0.2) is 48.8 Å². The zero-order chi connectivity index (χ0) is 13.9. The van der Waals surface area contributed by atoms with Crippen molar-refractivity contribution >= 4 is 0 Å². The van der Waals surface area contributed by atoms with Gasteiger partial charge in [0, 0.05) is 35.6 Å². The van der Waals surface area contributed by atoms with E-state index in [4.69, 9.17) is 0 Å². The summed E-state index contributed by atoms with van der Waals surface area (Å²) in [7, 11) is 0. The molecule has 0 saturated heterocycles. The summed E-state index contributed by atoms with van der Waals surface area (Å²) in [5.41, 5.74) is 0.897. The third-order valence-electron chi connectivity index (χ3n) is 4.02. The molecule has 0 aliphatic carbocycles. The summed E-state index contributed by atoms with van der Waals surface area (Å²) in [4.78, 5) is 8.68. The summed E-state index contributed by atoms with van der Waals surface area (Å²) in [6.07, 6.45) is 3.51. The summed E-state index contributed by atoms with van der Waals surface area (Å²) < 4.78 is 0. The minimum Gasteiger partial charge on any atom is -0.389 e. The van der Waals surface area contributed by atoms with Crippen LogP contribution in [-0.2, 0) is 0 Å². The molecule has 0 radical (unpaired) electrons. The molecule has 3 atom stereocenters. The van der Waals surface area contributed by atoms with Crippen LogP contribution in [0.4, 0.5) is 0 Å². The Morgan fingerprint density at radius 1 is 0.895 bits per heavy atom. The molecule has 1 unspecified atom stereocenters. The quantitative estimate of drug-likeness (QED) is 0.914. The van der Waals surface area contributed by atoms with E-state index in [0.29, 0.717) is 0 Å². The Labute approximate surface area is 114 Å². The molecule has 0 amide bonds. The van der Waals surface area contributed by atoms with Crippen molar-refractivity contribution in [3.63, 3.8) is 0 Å². The fraction of sp³-hybridized carbons (Fsp3) is 0.375. The minimum absolute atomic E-state index is 0.0642. The molecule has 1 N–H and O–H groups in total. The smallest absolute Gasteiger partial charge is 0.0780 e. The molecule has 0 fully saturated rings. The lowest BCUT2D eigenvalue weighted by Gasteiger charge is -2.35. The Bertz CT molecular complexity index is 463. The van der Waals surface area contributed by atoms with Crippen molar-refractivity contribution in [2.45, 2.75) is 38.2 Å². The van der Waals surface area contributed by atoms with Gasteiger partial charge in [-0.3, -0.25) is 9.97 Å². The van der Waals surface area contributed by atoms with Gasteiger partial charge in [0.15, 0.2) is 0 Å². The Kier molecular flexibility index (Phi) is 3.96. The molecule has 0 aromatic carbocycles. The van der Waals surface area contributed by atoms with Gasteiger partial charge in [0.25, 0.3) is 0 Å². The van der Waals surface area contributed by atoms with Crippen molar-refractivity contribution in [1.82, 2.24) is 9.97 Å². The SMILES string of the molecule is C[C@H](c1ccccn1)C(C)(O)[C@@H](C)c1ccccn1. The number of hydrogen-bond acceptors (Lipinski definition) is 3. The average Bonchev–Trinajstić information content (AvgIpc) is 2.47. The molecule has 3 heteroatoms. The van der Waals surface area contributed by atoms with Crippen molar-refractivity contribution in [2.24, 2.45) is 0 Å². The van der Waals surface area contributed by atoms with Gasteiger partial charge in [-0.1, -0.05) is 26.0 Å². The number of rotatable bonds is 4. The van der Waals surface area contributed by atoms with Crippen LogP contribution in [0.1, 0.15) is 44.0 Å². The Balaban J connectivity index is 2.27. The van der Waals surface area contributed by atoms with E-state index >= 15 is 0 Å². The first-order chi connectivity index (χ1) is 9.03. The van der Waals surface area contributed by atoms with Crippen LogP contribution in [0, 0.1) is 0 Å². The van der Waals surface area contributed by atoms with Gasteiger partial charge in [-0.2, -0.15) is 0 Å². The highest BCUT2D eigenvalue weighted by Crippen LogP contribution is 2.37. The number of nitrogens with zero attached hydrogens (tertiary/aromatic N) is 2. The summed E-state index contributed by atoms with van der Waals surface area (Å²) in [6.45, 7) is 5.86. The predicted molar refractivity (Wildman–Crippen MR) is 75.9 cm³/mol. The number of aliphatic hydroxyl groups is 1. The molecular formula is C16H20N2O. The lowest BCUT2D eigenvalue weighted by atomic mass is 9.77. The lowest BCUT2D eigenvalue weighted by molar-refractivity contribution is 0.0109. The molecule has 2 rings (SSSR count). The minimum atomic E-state index is -0.900. The summed E-state index contributed by atoms with van der Waals surface area (Å²) in [5, 5.41) is 10.9. The molecule has 2 aromatic heterocycles. The fourth-order valence-corrected chi connectivity index (χ4v) is 2.24. The van der Waals surface area contributed by atoms with Crippen LogP contribution in [0.2, 0.25) is 0 Å². The summed E-state index contributed by atoms with van der Waals surface area (Å²) in [5.74, 6) is -0.128. The van der Waals surface area contributed by atoms with Gasteiger partial charge < -0.3 is 5.11 Å². The molecule has 0 spiro atoms. The standard InChI is InChI=1S/C16H20N2O/c1-12(14-8-4-6-10-17-14)16(3,19)13(2)15-9-5-7-11-18-15/h4-13,19H,1-3H3/t12-,13+,16?. The second kappa shape index (κ2) is 5.49. The van der Waals surface area contributed by atoms with E-state index in [2.05, 4.69) is 9.97 Å². The van der Waals surface area contributed by atoms with Gasteiger partial charge in [-0.05, 0) is 31.2 Å². The van der Waals surface area contributed by atoms with Crippen LogP contribution in [-0.4, -0.2) is 20.7 Å². The third-order valence-corrected chi connectivity index (χ3v) is 4.02. The summed E-state index contributed by atoms with van der Waals surface area (Å²) >= 11 is 0. The molecule has 19 heavy (non-hydrogen) atoms. The van der Waals surface area contributed by atoms with Crippen LogP contribution in [0.25, 0.3) is 0 Å². The second-order valence-corrected chi connectivity index (χ2v) is 5.18. The topological polar surface area (TPSA) is 46.0 Å². The molecule has 100 valence electrons. The van der Waals surface area contributed by atoms with Gasteiger partial charge >= 0.3 is 0 Å². The summed E-state index contributed by atoms with van der Waals surface area (Å²) in [6, 6.07) is 11.6. The maximum absolute atomic E-state index is 10.9. The maximum atomic E-state index is 10.9. The van der Waals surface area contributed by atoms with E-state index in [9.17, 15) is 5.11 Å². The largest absolute Gasteiger partial charge is 0.389 e. The van der Waals surface area contributed by atoms with E-state index < -0.39 is 5.60 Å². The van der Waals surface area contributed by atoms with E-state index in [1.165, 1.54) is 0 Å². The predicted octanol–water partition coefficient (Wildman–Crippen LogP) is 3.13. The van der Waals surface area contributed by atoms with E-state index in [-0.39, 0.29) is 11.8 Å². The van der Waals surface area contributed by atoms with Gasteiger partial charge in [0.05, 0.1) is 5.60 Å². The van der Waals surface area contributed by atoms with Crippen LogP contribution >= 0.6 is 0 Å². The van der Waals surface area contributed by atoms with Gasteiger partial charge in [-0.25, -0.2) is 0 Å². The first-order valence-electron chi connectivity index (χ1n) is 6.57. The Morgan fingerprint density at radius 2 is 1.32 bits per heavy atom. The van der Waals surface area contributed by atoms with Crippen molar-refractivity contribution in [1.29, 1.82) is 0 Å². The Hall–Kier alpha value is -1.74. The molecular weight excluding hydrogens is 236 g/mol. The zero-order valence-electron chi connectivity index (χ0n) is 11.6. The maximum Gasteiger partial charge on any atom is 0.0780 e. The molecule has 0 saturated carbocycles. The van der Waals surface area contributed by atoms with Crippen molar-refractivity contribution in [3.8, 4) is 0 Å². The lowest BCUT2D eigenvalue weighted by Crippen LogP contribution is -2.37. The Morgan fingerprint density at radius 3 is 1.63 bits per heavy atom. The third kappa shape index (κ3) is 2.82. The second-order valence-electron chi connectivity index (χ2n) is 5.18. The van der Waals surface area contributed by atoms with E-state index in [0.717, 1.165) is 11.4 Å². The molecule has 2 aromatic rings. The zero-order valence-corrected chi connectivity index (χ0v) is 11.6. The first kappa shape index (κ1) is 13.7. The van der Waals surface area contributed by atoms with E-state index in [1.807, 2.05) is 57.2 Å². The highest BCUT2D eigenvalue weighted by atomic mass is 16.3. The van der Waals surface area contributed by atoms with E-state index in [1.54, 1.807) is 12.4 Å². The number of pyridine rings is 2. The van der Waals surface area contributed by atoms with Crippen molar-refractivity contribution in [2.75, 3.05) is 0 Å². The van der Waals surface area contributed by atoms with Gasteiger partial charge in [0.2, 0.25) is 0 Å². The number of aromatic nitrogens is 2. The first-order valence-corrected chi connectivity index (χ1v) is 6.57. The highest BCUT2D eigenvalue weighted by molar-refractivity contribution is 5.20. The van der Waals surface area contributed by atoms with Crippen molar-refractivity contribution < 1.29 is 5.11 Å². The molecule has 0 bridgehead atoms. The molecule has 0 aliphatic heterocycles. The monoisotopic (exact) mass is 256 g/mol. The fourth-order valence-electron chi connectivity index (χ4n) is 2.24. The van der Waals surface area contributed by atoms with Gasteiger partial charge in [0.1, 0.15) is 0 Å². The highest BCUT2D eigenvalue weighted by Gasteiger charge is 2.37. The molecule has 2 heterocycles.